The molecular weight excluding hydrogens is 514 g/mol. The quantitative estimate of drug-likeness (QED) is 0.292. The summed E-state index contributed by atoms with van der Waals surface area (Å²) in [6, 6.07) is 27.1. The molecular formula is C33H31N5O3. The van der Waals surface area contributed by atoms with Crippen molar-refractivity contribution in [2.75, 3.05) is 0 Å². The second-order valence-electron chi connectivity index (χ2n) is 10.7. The lowest BCUT2D eigenvalue weighted by molar-refractivity contribution is 0.132. The number of carbonyl (C=O) groups excluding carboxylic acids is 1. The first-order valence-electron chi connectivity index (χ1n) is 14.0. The normalized spacial score (nSPS) is 16.9. The van der Waals surface area contributed by atoms with Crippen molar-refractivity contribution in [3.63, 3.8) is 0 Å². The van der Waals surface area contributed by atoms with Crippen LogP contribution in [-0.4, -0.2) is 26.3 Å². The number of benzene rings is 3. The first kappa shape index (κ1) is 26.3. The molecule has 1 fully saturated rings. The third-order valence-electron chi connectivity index (χ3n) is 8.07. The van der Waals surface area contributed by atoms with Crippen LogP contribution in [0.25, 0.3) is 21.9 Å². The van der Waals surface area contributed by atoms with E-state index in [4.69, 9.17) is 9.72 Å². The van der Waals surface area contributed by atoms with Crippen LogP contribution in [-0.2, 0) is 24.9 Å². The molecule has 0 aliphatic heterocycles. The topological polar surface area (TPSA) is 102 Å². The number of amides is 1. The summed E-state index contributed by atoms with van der Waals surface area (Å²) in [5.74, 6) is 0.832. The smallest absolute Gasteiger partial charge is 0.407 e. The molecule has 1 amide bonds. The molecule has 8 nitrogen and oxygen atoms in total. The molecule has 8 heteroatoms. The Morgan fingerprint density at radius 3 is 2.63 bits per heavy atom. The van der Waals surface area contributed by atoms with Crippen LogP contribution < -0.4 is 10.9 Å². The number of pyridine rings is 1. The number of nitriles is 1. The van der Waals surface area contributed by atoms with Gasteiger partial charge in [0.05, 0.1) is 23.7 Å². The minimum atomic E-state index is -0.434. The van der Waals surface area contributed by atoms with Crippen molar-refractivity contribution in [2.24, 2.45) is 7.05 Å². The summed E-state index contributed by atoms with van der Waals surface area (Å²) >= 11 is 0. The van der Waals surface area contributed by atoms with Crippen molar-refractivity contribution in [2.45, 2.75) is 50.8 Å². The Morgan fingerprint density at radius 2 is 1.80 bits per heavy atom. The van der Waals surface area contributed by atoms with E-state index in [-0.39, 0.29) is 24.1 Å². The molecule has 1 aliphatic carbocycles. The molecule has 6 rings (SSSR count). The number of rotatable bonds is 6. The van der Waals surface area contributed by atoms with Crippen LogP contribution in [0.5, 0.6) is 0 Å². The van der Waals surface area contributed by atoms with E-state index in [1.54, 1.807) is 17.7 Å². The van der Waals surface area contributed by atoms with Gasteiger partial charge in [-0.05, 0) is 42.5 Å². The molecule has 206 valence electrons. The Hall–Kier alpha value is -4.90. The molecule has 2 atom stereocenters. The molecule has 2 heterocycles. The molecule has 5 aromatic rings. The number of para-hydroxylation sites is 1. The number of nitrogens with zero attached hydrogens (tertiary/aromatic N) is 4. The largest absolute Gasteiger partial charge is 0.445 e. The number of alkyl carbamates (subject to hydrolysis) is 1. The van der Waals surface area contributed by atoms with Gasteiger partial charge in [-0.3, -0.25) is 4.79 Å². The number of hydrogen-bond donors (Lipinski definition) is 1. The monoisotopic (exact) mass is 545 g/mol. The number of fused-ring (bicyclic) bond motifs is 3. The van der Waals surface area contributed by atoms with Crippen molar-refractivity contribution >= 4 is 28.0 Å². The number of nitrogens with one attached hydrogen (secondary N) is 1. The van der Waals surface area contributed by atoms with E-state index < -0.39 is 6.09 Å². The fourth-order valence-electron chi connectivity index (χ4n) is 6.01. The maximum absolute atomic E-state index is 13.8. The summed E-state index contributed by atoms with van der Waals surface area (Å²) in [5.41, 5.74) is 4.24. The highest BCUT2D eigenvalue weighted by atomic mass is 16.5. The number of imidazole rings is 1. The summed E-state index contributed by atoms with van der Waals surface area (Å²) in [6.45, 7) is 0.574. The second-order valence-corrected chi connectivity index (χ2v) is 10.7. The molecule has 1 saturated carbocycles. The van der Waals surface area contributed by atoms with Crippen LogP contribution in [0.2, 0.25) is 0 Å². The van der Waals surface area contributed by atoms with E-state index in [0.717, 1.165) is 47.1 Å². The lowest BCUT2D eigenvalue weighted by Gasteiger charge is -2.29. The van der Waals surface area contributed by atoms with Crippen LogP contribution in [0.1, 0.15) is 54.1 Å². The summed E-state index contributed by atoms with van der Waals surface area (Å²) in [6.07, 6.45) is 2.89. The fourth-order valence-corrected chi connectivity index (χ4v) is 6.01. The minimum Gasteiger partial charge on any atom is -0.445 e. The van der Waals surface area contributed by atoms with Crippen molar-refractivity contribution in [1.29, 1.82) is 5.26 Å². The van der Waals surface area contributed by atoms with Crippen molar-refractivity contribution in [3.8, 4) is 6.07 Å². The Balaban J connectivity index is 1.35. The Kier molecular flexibility index (Phi) is 7.26. The third kappa shape index (κ3) is 5.19. The molecule has 3 aromatic carbocycles. The fraction of sp³-hybridized carbons (Fsp3) is 0.273. The Morgan fingerprint density at radius 1 is 1.05 bits per heavy atom. The van der Waals surface area contributed by atoms with Gasteiger partial charge in [-0.1, -0.05) is 73.2 Å². The summed E-state index contributed by atoms with van der Waals surface area (Å²) in [5, 5.41) is 13.7. The summed E-state index contributed by atoms with van der Waals surface area (Å²) in [7, 11) is 1.78. The average Bonchev–Trinajstić information content (AvgIpc) is 3.39. The molecule has 0 saturated heterocycles. The van der Waals surface area contributed by atoms with Gasteiger partial charge >= 0.3 is 6.09 Å². The number of ether oxygens (including phenoxy) is 1. The van der Waals surface area contributed by atoms with E-state index in [1.807, 2.05) is 77.4 Å². The highest BCUT2D eigenvalue weighted by Crippen LogP contribution is 2.35. The highest BCUT2D eigenvalue weighted by molar-refractivity contribution is 6.02. The predicted octanol–water partition coefficient (Wildman–Crippen LogP) is 5.76. The summed E-state index contributed by atoms with van der Waals surface area (Å²) in [4.78, 5) is 31.5. The molecule has 0 spiro atoms. The van der Waals surface area contributed by atoms with Gasteiger partial charge in [0.2, 0.25) is 0 Å². The van der Waals surface area contributed by atoms with Gasteiger partial charge in [0.25, 0.3) is 5.56 Å². The van der Waals surface area contributed by atoms with Gasteiger partial charge in [-0.15, -0.1) is 0 Å². The Bertz CT molecular complexity index is 1830. The molecule has 0 bridgehead atoms. The van der Waals surface area contributed by atoms with Crippen LogP contribution in [0.4, 0.5) is 4.79 Å². The van der Waals surface area contributed by atoms with Crippen LogP contribution >= 0.6 is 0 Å². The molecule has 0 radical (unpaired) electrons. The van der Waals surface area contributed by atoms with E-state index >= 15 is 0 Å². The first-order chi connectivity index (χ1) is 20.0. The average molecular weight is 546 g/mol. The van der Waals surface area contributed by atoms with E-state index in [0.29, 0.717) is 29.6 Å². The van der Waals surface area contributed by atoms with Gasteiger partial charge in [-0.2, -0.15) is 5.26 Å². The minimum absolute atomic E-state index is 0.0216. The summed E-state index contributed by atoms with van der Waals surface area (Å²) < 4.78 is 9.15. The first-order valence-corrected chi connectivity index (χ1v) is 14.0. The van der Waals surface area contributed by atoms with Crippen LogP contribution in [0.3, 0.4) is 0 Å². The van der Waals surface area contributed by atoms with E-state index in [9.17, 15) is 14.9 Å². The number of hydrogen-bond acceptors (Lipinski definition) is 5. The van der Waals surface area contributed by atoms with Crippen molar-refractivity contribution in [1.82, 2.24) is 19.4 Å². The SMILES string of the molecule is Cn1c(=O)c2c(nc(C3CCCC(NC(=O)OCc4ccccc4)C3)n2Cc2ccccc2C#N)c2ccccc21. The maximum Gasteiger partial charge on any atom is 0.407 e. The van der Waals surface area contributed by atoms with E-state index in [2.05, 4.69) is 11.4 Å². The van der Waals surface area contributed by atoms with Crippen molar-refractivity contribution < 1.29 is 9.53 Å². The lowest BCUT2D eigenvalue weighted by Crippen LogP contribution is -2.38. The lowest BCUT2D eigenvalue weighted by atomic mass is 9.85. The number of carbonyl (C=O) groups is 1. The van der Waals surface area contributed by atoms with Crippen LogP contribution in [0, 0.1) is 11.3 Å². The third-order valence-corrected chi connectivity index (χ3v) is 8.07. The van der Waals surface area contributed by atoms with Gasteiger partial charge < -0.3 is 19.2 Å². The zero-order valence-electron chi connectivity index (χ0n) is 22.9. The van der Waals surface area contributed by atoms with Gasteiger partial charge in [0.1, 0.15) is 23.5 Å². The molecule has 2 aromatic heterocycles. The Labute approximate surface area is 237 Å². The zero-order chi connectivity index (χ0) is 28.3. The molecule has 1 aliphatic rings. The predicted molar refractivity (Wildman–Crippen MR) is 157 cm³/mol. The standard InChI is InChI=1S/C33H31N5O3/c1-37-28-17-8-7-16-27(28)29-30(32(37)39)38(20-25-13-6-5-12-24(25)19-34)31(36-29)23-14-9-15-26(18-23)35-33(40)41-21-22-10-3-2-4-11-22/h2-8,10-13,16-17,23,26H,9,14-15,18,20-21H2,1H3,(H,35,40). The second kappa shape index (κ2) is 11.3. The van der Waals surface area contributed by atoms with Gasteiger partial charge in [-0.25, -0.2) is 9.78 Å². The number of aromatic nitrogens is 3. The van der Waals surface area contributed by atoms with E-state index in [1.165, 1.54) is 0 Å². The van der Waals surface area contributed by atoms with Gasteiger partial charge in [0, 0.05) is 24.4 Å². The molecule has 41 heavy (non-hydrogen) atoms. The number of aryl methyl sites for hydroxylation is 1. The molecule has 2 unspecified atom stereocenters. The van der Waals surface area contributed by atoms with Gasteiger partial charge in [0.15, 0.2) is 0 Å². The molecule has 1 N–H and O–H groups in total. The maximum atomic E-state index is 13.8. The highest BCUT2D eigenvalue weighted by Gasteiger charge is 2.30. The van der Waals surface area contributed by atoms with Crippen molar-refractivity contribution in [3.05, 3.63) is 112 Å². The zero-order valence-corrected chi connectivity index (χ0v) is 22.9. The van der Waals surface area contributed by atoms with Crippen LogP contribution in [0.15, 0.2) is 83.7 Å².